The van der Waals surface area contributed by atoms with E-state index < -0.39 is 6.04 Å². The third kappa shape index (κ3) is 5.61. The Labute approximate surface area is 217 Å². The minimum atomic E-state index is -0.458. The molecule has 0 radical (unpaired) electrons. The molecule has 35 heavy (non-hydrogen) atoms. The number of nitrogens with zero attached hydrogens (tertiary/aromatic N) is 2. The molecule has 0 spiro atoms. The van der Waals surface area contributed by atoms with Crippen molar-refractivity contribution in [3.8, 4) is 0 Å². The van der Waals surface area contributed by atoms with Gasteiger partial charge in [-0.15, -0.1) is 11.3 Å². The summed E-state index contributed by atoms with van der Waals surface area (Å²) in [6.45, 7) is 3.99. The van der Waals surface area contributed by atoms with E-state index >= 15 is 0 Å². The van der Waals surface area contributed by atoms with Gasteiger partial charge in [0.2, 0.25) is 5.91 Å². The summed E-state index contributed by atoms with van der Waals surface area (Å²) in [5.41, 5.74) is 2.28. The lowest BCUT2D eigenvalue weighted by Gasteiger charge is -2.40. The number of hydrogen-bond acceptors (Lipinski definition) is 5. The largest absolute Gasteiger partial charge is 0.371 e. The Kier molecular flexibility index (Phi) is 7.26. The van der Waals surface area contributed by atoms with Crippen LogP contribution in [0.25, 0.3) is 0 Å². The molecule has 6 nitrogen and oxygen atoms in total. The number of likely N-dealkylation sites (N-methyl/N-ethyl adjacent to an activating group) is 1. The van der Waals surface area contributed by atoms with Crippen LogP contribution in [0.5, 0.6) is 0 Å². The first-order valence-electron chi connectivity index (χ1n) is 12.9. The lowest BCUT2D eigenvalue weighted by molar-refractivity contribution is -0.123. The maximum atomic E-state index is 13.2. The third-order valence-corrected chi connectivity index (χ3v) is 9.14. The molecule has 3 aliphatic rings. The molecule has 5 rings (SSSR count). The van der Waals surface area contributed by atoms with Crippen molar-refractivity contribution in [2.45, 2.75) is 70.0 Å². The van der Waals surface area contributed by atoms with Crippen LogP contribution in [0.4, 0.5) is 11.4 Å². The number of thiophene rings is 1. The predicted molar refractivity (Wildman–Crippen MR) is 144 cm³/mol. The second kappa shape index (κ2) is 10.4. The molecule has 2 atom stereocenters. The number of rotatable bonds is 8. The van der Waals surface area contributed by atoms with Crippen molar-refractivity contribution in [3.05, 3.63) is 45.1 Å². The number of amides is 2. The highest BCUT2D eigenvalue weighted by Gasteiger charge is 2.32. The summed E-state index contributed by atoms with van der Waals surface area (Å²) < 4.78 is 0. The first-order valence-corrected chi connectivity index (χ1v) is 14.1. The number of carbonyl (C=O) groups excluding carboxylic acids is 2. The van der Waals surface area contributed by atoms with E-state index in [9.17, 15) is 9.59 Å². The maximum Gasteiger partial charge on any atom is 0.262 e. The number of hydrogen-bond donors (Lipinski definition) is 2. The van der Waals surface area contributed by atoms with Crippen LogP contribution in [0.1, 0.15) is 72.5 Å². The summed E-state index contributed by atoms with van der Waals surface area (Å²) in [5.74, 6) is 0.348. The fourth-order valence-corrected chi connectivity index (χ4v) is 6.51. The average molecular weight is 515 g/mol. The maximum absolute atomic E-state index is 13.2. The Balaban J connectivity index is 1.29. The number of halogens is 1. The highest BCUT2D eigenvalue weighted by molar-refractivity contribution is 7.14. The average Bonchev–Trinajstić information content (AvgIpc) is 3.29. The van der Waals surface area contributed by atoms with Gasteiger partial charge < -0.3 is 20.4 Å². The van der Waals surface area contributed by atoms with Crippen LogP contribution < -0.4 is 20.4 Å². The summed E-state index contributed by atoms with van der Waals surface area (Å²) >= 11 is 7.84. The number of carbonyl (C=O) groups is 2. The Morgan fingerprint density at radius 2 is 1.86 bits per heavy atom. The van der Waals surface area contributed by atoms with Crippen molar-refractivity contribution >= 4 is 46.1 Å². The molecule has 1 aromatic heterocycles. The van der Waals surface area contributed by atoms with Crippen LogP contribution in [-0.2, 0) is 4.79 Å². The van der Waals surface area contributed by atoms with Crippen molar-refractivity contribution in [2.24, 2.45) is 5.92 Å². The minimum absolute atomic E-state index is 0.0242. The molecule has 0 unspecified atom stereocenters. The van der Waals surface area contributed by atoms with Gasteiger partial charge in [-0.25, -0.2) is 0 Å². The van der Waals surface area contributed by atoms with Gasteiger partial charge in [0.15, 0.2) is 0 Å². The fraction of sp³-hybridized carbons (Fsp3) is 0.556. The molecule has 2 aromatic rings. The summed E-state index contributed by atoms with van der Waals surface area (Å²) in [7, 11) is 2.10. The van der Waals surface area contributed by atoms with Gasteiger partial charge in [0.25, 0.3) is 5.91 Å². The second-order valence-corrected chi connectivity index (χ2v) is 11.9. The van der Waals surface area contributed by atoms with Gasteiger partial charge >= 0.3 is 0 Å². The van der Waals surface area contributed by atoms with Gasteiger partial charge in [-0.05, 0) is 62.4 Å². The molecule has 0 saturated heterocycles. The molecule has 8 heteroatoms. The lowest BCUT2D eigenvalue weighted by atomic mass is 9.97. The molecule has 2 heterocycles. The molecular formula is C27H35ClN4O2S. The molecule has 1 aliphatic heterocycles. The zero-order valence-electron chi connectivity index (χ0n) is 20.6. The minimum Gasteiger partial charge on any atom is -0.371 e. The van der Waals surface area contributed by atoms with Crippen molar-refractivity contribution < 1.29 is 9.59 Å². The Morgan fingerprint density at radius 1 is 1.09 bits per heavy atom. The monoisotopic (exact) mass is 514 g/mol. The standard InChI is InChI=1S/C27H35ClN4O2S/c1-17(32-14-13-31(2)22-10-7-19(28)16-23(22)32)24-11-12-25(35-24)27(34)30-21(15-18-5-3-4-6-18)26(33)29-20-8-9-20/h7,10-12,16-18,20-21H,3-6,8-9,13-15H2,1-2H3,(H,29,33)(H,30,34)/t17-,21+/m1/s1. The summed E-state index contributed by atoms with van der Waals surface area (Å²) in [4.78, 5) is 32.5. The molecule has 1 aromatic carbocycles. The van der Waals surface area contributed by atoms with Crippen LogP contribution in [0.15, 0.2) is 30.3 Å². The second-order valence-electron chi connectivity index (χ2n) is 10.3. The zero-order valence-corrected chi connectivity index (χ0v) is 22.1. The van der Waals surface area contributed by atoms with Crippen molar-refractivity contribution in [1.29, 1.82) is 0 Å². The van der Waals surface area contributed by atoms with Crippen LogP contribution >= 0.6 is 22.9 Å². The molecular weight excluding hydrogens is 480 g/mol. The smallest absolute Gasteiger partial charge is 0.262 e. The lowest BCUT2D eigenvalue weighted by Crippen LogP contribution is -2.48. The van der Waals surface area contributed by atoms with E-state index in [4.69, 9.17) is 11.6 Å². The van der Waals surface area contributed by atoms with Crippen molar-refractivity contribution in [2.75, 3.05) is 29.9 Å². The Hall–Kier alpha value is -2.25. The van der Waals surface area contributed by atoms with E-state index in [-0.39, 0.29) is 17.9 Å². The molecule has 2 fully saturated rings. The Morgan fingerprint density at radius 3 is 2.60 bits per heavy atom. The highest BCUT2D eigenvalue weighted by atomic mass is 35.5. The van der Waals surface area contributed by atoms with E-state index in [1.807, 2.05) is 24.3 Å². The van der Waals surface area contributed by atoms with E-state index in [0.717, 1.165) is 60.8 Å². The summed E-state index contributed by atoms with van der Waals surface area (Å²) in [6.07, 6.45) is 7.58. The zero-order chi connectivity index (χ0) is 24.5. The topological polar surface area (TPSA) is 64.7 Å². The number of benzene rings is 1. The molecule has 2 N–H and O–H groups in total. The van der Waals surface area contributed by atoms with Gasteiger partial charge in [0.1, 0.15) is 6.04 Å². The summed E-state index contributed by atoms with van der Waals surface area (Å²) in [6, 6.07) is 9.91. The normalized spacial score (nSPS) is 19.9. The first kappa shape index (κ1) is 24.4. The molecule has 2 amide bonds. The van der Waals surface area contributed by atoms with Gasteiger partial charge in [0.05, 0.1) is 22.3 Å². The van der Waals surface area contributed by atoms with E-state index in [2.05, 4.69) is 40.5 Å². The molecule has 188 valence electrons. The molecule has 2 aliphatic carbocycles. The number of fused-ring (bicyclic) bond motifs is 1. The van der Waals surface area contributed by atoms with E-state index in [1.165, 1.54) is 29.9 Å². The molecule has 0 bridgehead atoms. The molecule has 2 saturated carbocycles. The number of anilines is 2. The third-order valence-electron chi connectivity index (χ3n) is 7.65. The van der Waals surface area contributed by atoms with Gasteiger partial charge in [0, 0.05) is 36.1 Å². The first-order chi connectivity index (χ1) is 16.9. The fourth-order valence-electron chi connectivity index (χ4n) is 5.37. The summed E-state index contributed by atoms with van der Waals surface area (Å²) in [5, 5.41) is 6.90. The van der Waals surface area contributed by atoms with Gasteiger partial charge in [-0.1, -0.05) is 37.3 Å². The van der Waals surface area contributed by atoms with Crippen LogP contribution in [-0.4, -0.2) is 44.0 Å². The Bertz CT molecular complexity index is 1080. The predicted octanol–water partition coefficient (Wildman–Crippen LogP) is 5.38. The quantitative estimate of drug-likeness (QED) is 0.496. The van der Waals surface area contributed by atoms with Crippen LogP contribution in [0.3, 0.4) is 0 Å². The van der Waals surface area contributed by atoms with Crippen LogP contribution in [0, 0.1) is 5.92 Å². The van der Waals surface area contributed by atoms with E-state index in [0.29, 0.717) is 16.8 Å². The van der Waals surface area contributed by atoms with Crippen molar-refractivity contribution in [3.63, 3.8) is 0 Å². The van der Waals surface area contributed by atoms with Gasteiger partial charge in [-0.2, -0.15) is 0 Å². The van der Waals surface area contributed by atoms with E-state index in [1.54, 1.807) is 0 Å². The number of nitrogens with one attached hydrogen (secondary N) is 2. The van der Waals surface area contributed by atoms with Crippen molar-refractivity contribution in [1.82, 2.24) is 10.6 Å². The van der Waals surface area contributed by atoms with Crippen LogP contribution in [0.2, 0.25) is 5.02 Å². The SMILES string of the molecule is C[C@H](c1ccc(C(=O)N[C@@H](CC2CCCC2)C(=O)NC2CC2)s1)N1CCN(C)c2ccc(Cl)cc21. The van der Waals surface area contributed by atoms with Gasteiger partial charge in [-0.3, -0.25) is 9.59 Å². The highest BCUT2D eigenvalue weighted by Crippen LogP contribution is 2.40.